The van der Waals surface area contributed by atoms with Gasteiger partial charge < -0.3 is 10.6 Å². The molecule has 2 N–H and O–H groups in total. The van der Waals surface area contributed by atoms with E-state index in [0.717, 1.165) is 5.56 Å². The second-order valence-corrected chi connectivity index (χ2v) is 5.34. The molecule has 0 spiro atoms. The molecule has 0 radical (unpaired) electrons. The van der Waals surface area contributed by atoms with E-state index < -0.39 is 0 Å². The zero-order valence-electron chi connectivity index (χ0n) is 10.5. The van der Waals surface area contributed by atoms with E-state index in [2.05, 4.69) is 10.6 Å². The monoisotopic (exact) mass is 328 g/mol. The zero-order chi connectivity index (χ0) is 14.7. The van der Waals surface area contributed by atoms with Gasteiger partial charge in [-0.25, -0.2) is 4.79 Å². The average molecular weight is 330 g/mol. The molecule has 20 heavy (non-hydrogen) atoms. The molecule has 3 nitrogen and oxygen atoms in total. The average Bonchev–Trinajstić information content (AvgIpc) is 2.39. The van der Waals surface area contributed by atoms with Crippen LogP contribution in [0.4, 0.5) is 16.2 Å². The van der Waals surface area contributed by atoms with E-state index in [4.69, 9.17) is 34.8 Å². The number of urea groups is 1. The first kappa shape index (κ1) is 15.0. The minimum absolute atomic E-state index is 0.378. The lowest BCUT2D eigenvalue weighted by atomic mass is 10.2. The second-order valence-electron chi connectivity index (χ2n) is 4.12. The number of halogens is 3. The maximum atomic E-state index is 11.9. The number of carbonyl (C=O) groups is 1. The summed E-state index contributed by atoms with van der Waals surface area (Å²) in [6, 6.07) is 9.78. The molecule has 2 amide bonds. The van der Waals surface area contributed by atoms with Gasteiger partial charge in [0.05, 0.1) is 10.0 Å². The Labute approximate surface area is 131 Å². The van der Waals surface area contributed by atoms with Crippen LogP contribution in [0, 0.1) is 6.92 Å². The third kappa shape index (κ3) is 3.57. The fourth-order valence-electron chi connectivity index (χ4n) is 1.60. The number of amides is 2. The normalized spacial score (nSPS) is 10.2. The molecule has 0 aliphatic heterocycles. The highest BCUT2D eigenvalue weighted by molar-refractivity contribution is 6.42. The Morgan fingerprint density at radius 3 is 2.40 bits per heavy atom. The first-order valence-corrected chi connectivity index (χ1v) is 6.89. The molecule has 0 atom stereocenters. The largest absolute Gasteiger partial charge is 0.323 e. The Morgan fingerprint density at radius 2 is 1.70 bits per heavy atom. The van der Waals surface area contributed by atoms with Gasteiger partial charge in [0, 0.05) is 16.4 Å². The van der Waals surface area contributed by atoms with Crippen LogP contribution >= 0.6 is 34.8 Å². The van der Waals surface area contributed by atoms with E-state index in [1.165, 1.54) is 0 Å². The van der Waals surface area contributed by atoms with Crippen molar-refractivity contribution >= 4 is 52.2 Å². The third-order valence-electron chi connectivity index (χ3n) is 2.69. The van der Waals surface area contributed by atoms with Gasteiger partial charge >= 0.3 is 6.03 Å². The standard InChI is InChI=1S/C14H11Cl3N2O/c1-8-10(15)3-2-4-13(8)19-14(20)18-9-5-6-11(16)12(17)7-9/h2-7H,1H3,(H2,18,19,20). The van der Waals surface area contributed by atoms with Crippen molar-refractivity contribution in [2.45, 2.75) is 6.92 Å². The number of rotatable bonds is 2. The molecule has 0 bridgehead atoms. The first-order chi connectivity index (χ1) is 9.47. The first-order valence-electron chi connectivity index (χ1n) is 5.75. The van der Waals surface area contributed by atoms with Gasteiger partial charge in [0.15, 0.2) is 0 Å². The summed E-state index contributed by atoms with van der Waals surface area (Å²) in [5.41, 5.74) is 2.00. The predicted octanol–water partition coefficient (Wildman–Crippen LogP) is 5.60. The van der Waals surface area contributed by atoms with Crippen LogP contribution in [-0.2, 0) is 0 Å². The summed E-state index contributed by atoms with van der Waals surface area (Å²) >= 11 is 17.7. The van der Waals surface area contributed by atoms with Gasteiger partial charge in [0.25, 0.3) is 0 Å². The summed E-state index contributed by atoms with van der Waals surface area (Å²) < 4.78 is 0. The highest BCUT2D eigenvalue weighted by Gasteiger charge is 2.07. The number of hydrogen-bond acceptors (Lipinski definition) is 1. The molecule has 0 saturated heterocycles. The molecule has 0 aromatic heterocycles. The summed E-state index contributed by atoms with van der Waals surface area (Å²) in [4.78, 5) is 11.9. The molecule has 0 unspecified atom stereocenters. The van der Waals surface area contributed by atoms with E-state index in [0.29, 0.717) is 26.4 Å². The molecule has 0 aliphatic rings. The van der Waals surface area contributed by atoms with Crippen molar-refractivity contribution in [2.75, 3.05) is 10.6 Å². The van der Waals surface area contributed by atoms with Gasteiger partial charge in [-0.05, 0) is 42.8 Å². The van der Waals surface area contributed by atoms with E-state index in [9.17, 15) is 4.79 Å². The summed E-state index contributed by atoms with van der Waals surface area (Å²) in [7, 11) is 0. The maximum absolute atomic E-state index is 11.9. The van der Waals surface area contributed by atoms with Crippen molar-refractivity contribution in [2.24, 2.45) is 0 Å². The van der Waals surface area contributed by atoms with Crippen molar-refractivity contribution < 1.29 is 4.79 Å². The van der Waals surface area contributed by atoms with Crippen LogP contribution in [-0.4, -0.2) is 6.03 Å². The zero-order valence-corrected chi connectivity index (χ0v) is 12.8. The number of benzene rings is 2. The minimum Gasteiger partial charge on any atom is -0.308 e. The molecule has 104 valence electrons. The van der Waals surface area contributed by atoms with Gasteiger partial charge in [0.2, 0.25) is 0 Å². The van der Waals surface area contributed by atoms with Crippen LogP contribution in [0.2, 0.25) is 15.1 Å². The Hall–Kier alpha value is -1.42. The molecule has 2 rings (SSSR count). The molecule has 2 aromatic carbocycles. The van der Waals surface area contributed by atoms with Crippen LogP contribution in [0.15, 0.2) is 36.4 Å². The summed E-state index contributed by atoms with van der Waals surface area (Å²) in [5.74, 6) is 0. The Balaban J connectivity index is 2.09. The lowest BCUT2D eigenvalue weighted by Gasteiger charge is -2.11. The number of carbonyl (C=O) groups excluding carboxylic acids is 1. The van der Waals surface area contributed by atoms with E-state index in [1.807, 2.05) is 6.92 Å². The fraction of sp³-hybridized carbons (Fsp3) is 0.0714. The molecular formula is C14H11Cl3N2O. The highest BCUT2D eigenvalue weighted by Crippen LogP contribution is 2.26. The van der Waals surface area contributed by atoms with Crippen molar-refractivity contribution in [1.82, 2.24) is 0 Å². The number of hydrogen-bond donors (Lipinski definition) is 2. The smallest absolute Gasteiger partial charge is 0.308 e. The number of anilines is 2. The van der Waals surface area contributed by atoms with Gasteiger partial charge in [-0.3, -0.25) is 0 Å². The van der Waals surface area contributed by atoms with Crippen LogP contribution in [0.1, 0.15) is 5.56 Å². The van der Waals surface area contributed by atoms with Gasteiger partial charge in [0.1, 0.15) is 0 Å². The molecular weight excluding hydrogens is 319 g/mol. The van der Waals surface area contributed by atoms with Crippen LogP contribution < -0.4 is 10.6 Å². The van der Waals surface area contributed by atoms with Gasteiger partial charge in [-0.15, -0.1) is 0 Å². The van der Waals surface area contributed by atoms with Gasteiger partial charge in [-0.2, -0.15) is 0 Å². The van der Waals surface area contributed by atoms with E-state index in [-0.39, 0.29) is 6.03 Å². The third-order valence-corrected chi connectivity index (χ3v) is 3.84. The lowest BCUT2D eigenvalue weighted by molar-refractivity contribution is 0.262. The Kier molecular flexibility index (Phi) is 4.76. The van der Waals surface area contributed by atoms with Crippen molar-refractivity contribution in [3.8, 4) is 0 Å². The summed E-state index contributed by atoms with van der Waals surface area (Å²) in [6.07, 6.45) is 0. The second kappa shape index (κ2) is 6.35. The molecule has 6 heteroatoms. The summed E-state index contributed by atoms with van der Waals surface area (Å²) in [6.45, 7) is 1.83. The maximum Gasteiger partial charge on any atom is 0.323 e. The SMILES string of the molecule is Cc1c(Cl)cccc1NC(=O)Nc1ccc(Cl)c(Cl)c1. The van der Waals surface area contributed by atoms with Crippen molar-refractivity contribution in [1.29, 1.82) is 0 Å². The van der Waals surface area contributed by atoms with Crippen molar-refractivity contribution in [3.05, 3.63) is 57.0 Å². The van der Waals surface area contributed by atoms with Crippen LogP contribution in [0.5, 0.6) is 0 Å². The molecule has 0 heterocycles. The minimum atomic E-state index is -0.381. The predicted molar refractivity (Wildman–Crippen MR) is 85.3 cm³/mol. The Morgan fingerprint density at radius 1 is 0.950 bits per heavy atom. The summed E-state index contributed by atoms with van der Waals surface area (Å²) in [5, 5.41) is 6.80. The fourth-order valence-corrected chi connectivity index (χ4v) is 2.07. The Bertz CT molecular complexity index is 659. The quantitative estimate of drug-likeness (QED) is 0.740. The molecule has 0 saturated carbocycles. The molecule has 0 aliphatic carbocycles. The molecule has 0 fully saturated rings. The van der Waals surface area contributed by atoms with E-state index in [1.54, 1.807) is 36.4 Å². The van der Waals surface area contributed by atoms with E-state index >= 15 is 0 Å². The van der Waals surface area contributed by atoms with Crippen LogP contribution in [0.3, 0.4) is 0 Å². The van der Waals surface area contributed by atoms with Crippen LogP contribution in [0.25, 0.3) is 0 Å². The lowest BCUT2D eigenvalue weighted by Crippen LogP contribution is -2.19. The van der Waals surface area contributed by atoms with Gasteiger partial charge in [-0.1, -0.05) is 40.9 Å². The molecule has 2 aromatic rings. The topological polar surface area (TPSA) is 41.1 Å². The number of nitrogens with one attached hydrogen (secondary N) is 2. The van der Waals surface area contributed by atoms with Crippen molar-refractivity contribution in [3.63, 3.8) is 0 Å². The highest BCUT2D eigenvalue weighted by atomic mass is 35.5.